The third-order valence-electron chi connectivity index (χ3n) is 2.59. The topological polar surface area (TPSA) is 59.8 Å². The van der Waals surface area contributed by atoms with E-state index in [1.807, 2.05) is 0 Å². The number of carbonyl (C=O) groups is 1. The maximum atomic E-state index is 12.8. The van der Waals surface area contributed by atoms with Gasteiger partial charge in [0.25, 0.3) is 0 Å². The second-order valence-electron chi connectivity index (χ2n) is 4.06. The number of carbonyl (C=O) groups excluding carboxylic acids is 1. The SMILES string of the molecule is O=C(CCCl)Nc1cc(C(F)(F)F)ccc1-n1cncn1. The fraction of sp³-hybridized carbons (Fsp3) is 0.250. The van der Waals surface area contributed by atoms with Crippen molar-refractivity contribution in [2.45, 2.75) is 12.6 Å². The average Bonchev–Trinajstić information content (AvgIpc) is 2.91. The standard InChI is InChI=1S/C12H10ClF3N4O/c13-4-3-11(21)19-9-5-8(12(14,15)16)1-2-10(9)20-7-17-6-18-20/h1-2,5-7H,3-4H2,(H,19,21). The maximum absolute atomic E-state index is 12.8. The van der Waals surface area contributed by atoms with Gasteiger partial charge in [-0.05, 0) is 18.2 Å². The second kappa shape index (κ2) is 6.13. The number of anilines is 1. The number of hydrogen-bond donors (Lipinski definition) is 1. The lowest BCUT2D eigenvalue weighted by Crippen LogP contribution is -2.15. The van der Waals surface area contributed by atoms with Crippen LogP contribution in [-0.4, -0.2) is 26.6 Å². The van der Waals surface area contributed by atoms with E-state index in [-0.39, 0.29) is 23.7 Å². The Morgan fingerprint density at radius 2 is 2.14 bits per heavy atom. The molecule has 0 saturated carbocycles. The summed E-state index contributed by atoms with van der Waals surface area (Å²) in [5.41, 5.74) is -0.596. The zero-order valence-electron chi connectivity index (χ0n) is 10.6. The average molecular weight is 319 g/mol. The van der Waals surface area contributed by atoms with Crippen LogP contribution in [0.15, 0.2) is 30.9 Å². The van der Waals surface area contributed by atoms with Crippen molar-refractivity contribution in [3.8, 4) is 5.69 Å². The van der Waals surface area contributed by atoms with E-state index in [1.54, 1.807) is 0 Å². The molecule has 112 valence electrons. The van der Waals surface area contributed by atoms with Gasteiger partial charge in [0.15, 0.2) is 0 Å². The molecule has 1 amide bonds. The van der Waals surface area contributed by atoms with E-state index in [0.717, 1.165) is 12.1 Å². The second-order valence-corrected chi connectivity index (χ2v) is 4.43. The largest absolute Gasteiger partial charge is 0.416 e. The Balaban J connectivity index is 2.43. The lowest BCUT2D eigenvalue weighted by Gasteiger charge is -2.14. The predicted octanol–water partition coefficient (Wildman–Crippen LogP) is 2.85. The highest BCUT2D eigenvalue weighted by Crippen LogP contribution is 2.33. The number of nitrogens with zero attached hydrogens (tertiary/aromatic N) is 3. The van der Waals surface area contributed by atoms with Gasteiger partial charge in [0.05, 0.1) is 16.9 Å². The Labute approximate surface area is 122 Å². The summed E-state index contributed by atoms with van der Waals surface area (Å²) in [5.74, 6) is -0.408. The van der Waals surface area contributed by atoms with Gasteiger partial charge in [0.2, 0.25) is 5.91 Å². The van der Waals surface area contributed by atoms with Crippen molar-refractivity contribution >= 4 is 23.2 Å². The van der Waals surface area contributed by atoms with Crippen molar-refractivity contribution in [2.24, 2.45) is 0 Å². The number of hydrogen-bond acceptors (Lipinski definition) is 3. The summed E-state index contributed by atoms with van der Waals surface area (Å²) in [6.45, 7) is 0. The smallest absolute Gasteiger partial charge is 0.324 e. The predicted molar refractivity (Wildman–Crippen MR) is 70.3 cm³/mol. The summed E-state index contributed by atoms with van der Waals surface area (Å²) in [5, 5.41) is 6.24. The Morgan fingerprint density at radius 3 is 2.71 bits per heavy atom. The molecule has 1 heterocycles. The van der Waals surface area contributed by atoms with E-state index in [1.165, 1.54) is 23.4 Å². The third kappa shape index (κ3) is 3.72. The van der Waals surface area contributed by atoms with Gasteiger partial charge in [-0.3, -0.25) is 4.79 Å². The summed E-state index contributed by atoms with van der Waals surface area (Å²) in [7, 11) is 0. The van der Waals surface area contributed by atoms with Crippen LogP contribution in [0.4, 0.5) is 18.9 Å². The third-order valence-corrected chi connectivity index (χ3v) is 2.77. The van der Waals surface area contributed by atoms with E-state index in [9.17, 15) is 18.0 Å². The molecule has 0 aliphatic carbocycles. The summed E-state index contributed by atoms with van der Waals surface area (Å²) >= 11 is 5.44. The molecule has 0 bridgehead atoms. The van der Waals surface area contributed by atoms with E-state index in [2.05, 4.69) is 15.4 Å². The van der Waals surface area contributed by atoms with Crippen LogP contribution in [0, 0.1) is 0 Å². The van der Waals surface area contributed by atoms with Crippen molar-refractivity contribution in [3.63, 3.8) is 0 Å². The molecule has 0 aliphatic heterocycles. The van der Waals surface area contributed by atoms with E-state index < -0.39 is 17.6 Å². The lowest BCUT2D eigenvalue weighted by molar-refractivity contribution is -0.137. The van der Waals surface area contributed by atoms with Crippen molar-refractivity contribution in [1.82, 2.24) is 14.8 Å². The molecule has 0 saturated heterocycles. The molecule has 21 heavy (non-hydrogen) atoms. The first-order chi connectivity index (χ1) is 9.91. The lowest BCUT2D eigenvalue weighted by atomic mass is 10.1. The highest BCUT2D eigenvalue weighted by Gasteiger charge is 2.31. The molecule has 1 aromatic heterocycles. The Hall–Kier alpha value is -2.09. The zero-order valence-corrected chi connectivity index (χ0v) is 11.3. The molecule has 9 heteroatoms. The minimum Gasteiger partial charge on any atom is -0.324 e. The molecular weight excluding hydrogens is 309 g/mol. The monoisotopic (exact) mass is 318 g/mol. The van der Waals surface area contributed by atoms with Gasteiger partial charge < -0.3 is 5.32 Å². The first kappa shape index (κ1) is 15.3. The number of amides is 1. The highest BCUT2D eigenvalue weighted by atomic mass is 35.5. The molecule has 0 radical (unpaired) electrons. The molecule has 5 nitrogen and oxygen atoms in total. The van der Waals surface area contributed by atoms with Gasteiger partial charge in [-0.1, -0.05) is 0 Å². The van der Waals surface area contributed by atoms with Crippen LogP contribution in [-0.2, 0) is 11.0 Å². The van der Waals surface area contributed by atoms with Crippen LogP contribution in [0.3, 0.4) is 0 Å². The number of alkyl halides is 4. The molecule has 0 atom stereocenters. The van der Waals surface area contributed by atoms with E-state index in [4.69, 9.17) is 11.6 Å². The van der Waals surface area contributed by atoms with Gasteiger partial charge in [-0.25, -0.2) is 9.67 Å². The summed E-state index contributed by atoms with van der Waals surface area (Å²) in [6, 6.07) is 2.98. The summed E-state index contributed by atoms with van der Waals surface area (Å²) < 4.78 is 39.5. The molecule has 2 aromatic rings. The fourth-order valence-electron chi connectivity index (χ4n) is 1.64. The van der Waals surface area contributed by atoms with Gasteiger partial charge in [-0.2, -0.15) is 18.3 Å². The summed E-state index contributed by atoms with van der Waals surface area (Å²) in [6.07, 6.45) is -1.96. The van der Waals surface area contributed by atoms with Gasteiger partial charge >= 0.3 is 6.18 Å². The molecule has 0 fully saturated rings. The first-order valence-electron chi connectivity index (χ1n) is 5.84. The molecule has 2 rings (SSSR count). The van der Waals surface area contributed by atoms with E-state index >= 15 is 0 Å². The normalized spacial score (nSPS) is 11.4. The van der Waals surface area contributed by atoms with Crippen LogP contribution < -0.4 is 5.32 Å². The molecule has 1 aromatic carbocycles. The first-order valence-corrected chi connectivity index (χ1v) is 6.37. The van der Waals surface area contributed by atoms with Crippen LogP contribution in [0.1, 0.15) is 12.0 Å². The van der Waals surface area contributed by atoms with Gasteiger partial charge in [0, 0.05) is 12.3 Å². The Morgan fingerprint density at radius 1 is 1.38 bits per heavy atom. The van der Waals surface area contributed by atoms with Crippen molar-refractivity contribution in [1.29, 1.82) is 0 Å². The Bertz CT molecular complexity index is 628. The van der Waals surface area contributed by atoms with Crippen LogP contribution in [0.25, 0.3) is 5.69 Å². The van der Waals surface area contributed by atoms with Crippen molar-refractivity contribution in [3.05, 3.63) is 36.4 Å². The number of rotatable bonds is 4. The number of halogens is 4. The van der Waals surface area contributed by atoms with Crippen molar-refractivity contribution in [2.75, 3.05) is 11.2 Å². The fourth-order valence-corrected chi connectivity index (χ4v) is 1.82. The van der Waals surface area contributed by atoms with Gasteiger partial charge in [0.1, 0.15) is 12.7 Å². The van der Waals surface area contributed by atoms with E-state index in [0.29, 0.717) is 0 Å². The van der Waals surface area contributed by atoms with Gasteiger partial charge in [-0.15, -0.1) is 11.6 Å². The number of nitrogens with one attached hydrogen (secondary N) is 1. The number of aromatic nitrogens is 3. The quantitative estimate of drug-likeness (QED) is 0.882. The molecular formula is C12H10ClF3N4O. The molecule has 0 spiro atoms. The number of benzene rings is 1. The molecule has 0 aliphatic rings. The highest BCUT2D eigenvalue weighted by molar-refractivity contribution is 6.19. The Kier molecular flexibility index (Phi) is 4.46. The van der Waals surface area contributed by atoms with Crippen LogP contribution in [0.5, 0.6) is 0 Å². The zero-order chi connectivity index (χ0) is 15.5. The summed E-state index contributed by atoms with van der Waals surface area (Å²) in [4.78, 5) is 15.3. The minimum absolute atomic E-state index is 0.00536. The maximum Gasteiger partial charge on any atom is 0.416 e. The van der Waals surface area contributed by atoms with Crippen LogP contribution >= 0.6 is 11.6 Å². The molecule has 1 N–H and O–H groups in total. The minimum atomic E-state index is -4.51. The van der Waals surface area contributed by atoms with Crippen molar-refractivity contribution < 1.29 is 18.0 Å². The van der Waals surface area contributed by atoms with Crippen LogP contribution in [0.2, 0.25) is 0 Å². The molecule has 0 unspecified atom stereocenters.